The van der Waals surface area contributed by atoms with Gasteiger partial charge in [0.05, 0.1) is 31.6 Å². The number of methoxy groups -OCH3 is 2. The topological polar surface area (TPSA) is 141 Å². The summed E-state index contributed by atoms with van der Waals surface area (Å²) in [6.07, 6.45) is -6.86. The summed E-state index contributed by atoms with van der Waals surface area (Å²) in [5.74, 6) is -2.93. The number of hydrogen-bond acceptors (Lipinski definition) is 7. The predicted octanol–water partition coefficient (Wildman–Crippen LogP) is 5.81. The molecule has 1 aromatic heterocycles. The van der Waals surface area contributed by atoms with Gasteiger partial charge in [-0.3, -0.25) is 23.7 Å². The maximum Gasteiger partial charge on any atom is 0.416 e. The molecule has 46 heavy (non-hydrogen) atoms. The van der Waals surface area contributed by atoms with Gasteiger partial charge in [-0.1, -0.05) is 12.1 Å². The number of hydrogen-bond donors (Lipinski definition) is 2. The molecule has 0 aliphatic heterocycles. The van der Waals surface area contributed by atoms with Crippen LogP contribution in [0.3, 0.4) is 0 Å². The second-order valence-corrected chi connectivity index (χ2v) is 8.91. The maximum absolute atomic E-state index is 12.7. The van der Waals surface area contributed by atoms with E-state index in [1.165, 1.54) is 51.5 Å². The number of aromatic nitrogens is 1. The molecular weight excluding hydrogens is 630 g/mol. The van der Waals surface area contributed by atoms with Crippen molar-refractivity contribution in [2.24, 2.45) is 0 Å². The number of carboxylic acid groups (broad SMARTS) is 1. The molecular formula is C30H28F6N2O8. The minimum atomic E-state index is -4.54. The lowest BCUT2D eigenvalue weighted by atomic mass is 10.1. The Morgan fingerprint density at radius 3 is 1.93 bits per heavy atom. The number of allylic oxidation sites excluding steroid dienone is 1. The van der Waals surface area contributed by atoms with Crippen molar-refractivity contribution in [3.8, 4) is 5.69 Å². The van der Waals surface area contributed by atoms with Crippen LogP contribution in [0.25, 0.3) is 5.69 Å². The highest BCUT2D eigenvalue weighted by Crippen LogP contribution is 2.31. The number of aromatic carboxylic acids is 1. The summed E-state index contributed by atoms with van der Waals surface area (Å²) in [5.41, 5.74) is -2.89. The van der Waals surface area contributed by atoms with Crippen LogP contribution in [0.5, 0.6) is 0 Å². The summed E-state index contributed by atoms with van der Waals surface area (Å²) < 4.78 is 84.9. The van der Waals surface area contributed by atoms with E-state index < -0.39 is 58.9 Å². The fourth-order valence-corrected chi connectivity index (χ4v) is 3.28. The molecule has 2 N–H and O–H groups in total. The fourth-order valence-electron chi connectivity index (χ4n) is 3.28. The molecule has 0 radical (unpaired) electrons. The van der Waals surface area contributed by atoms with Gasteiger partial charge in [0.1, 0.15) is 12.0 Å². The molecule has 2 aromatic carbocycles. The number of anilines is 1. The summed E-state index contributed by atoms with van der Waals surface area (Å²) in [4.78, 5) is 55.1. The first-order valence-corrected chi connectivity index (χ1v) is 12.7. The van der Waals surface area contributed by atoms with Crippen molar-refractivity contribution in [3.63, 3.8) is 0 Å². The highest BCUT2D eigenvalue weighted by molar-refractivity contribution is 6.01. The average Bonchev–Trinajstić information content (AvgIpc) is 2.96. The van der Waals surface area contributed by atoms with Crippen molar-refractivity contribution in [2.45, 2.75) is 32.6 Å². The minimum Gasteiger partial charge on any atom is -0.504 e. The molecule has 1 amide bonds. The Morgan fingerprint density at radius 2 is 1.46 bits per heavy atom. The van der Waals surface area contributed by atoms with Crippen LogP contribution in [0, 0.1) is 6.92 Å². The third kappa shape index (κ3) is 12.7. The van der Waals surface area contributed by atoms with Crippen LogP contribution in [0.1, 0.15) is 40.5 Å². The zero-order chi connectivity index (χ0) is 35.2. The van der Waals surface area contributed by atoms with Gasteiger partial charge in [-0.15, -0.1) is 0 Å². The molecule has 0 aliphatic rings. The van der Waals surface area contributed by atoms with E-state index in [0.29, 0.717) is 5.69 Å². The van der Waals surface area contributed by atoms with E-state index in [4.69, 9.17) is 5.11 Å². The Balaban J connectivity index is 0.000000386. The Morgan fingerprint density at radius 1 is 0.891 bits per heavy atom. The van der Waals surface area contributed by atoms with E-state index in [-0.39, 0.29) is 17.2 Å². The Kier molecular flexibility index (Phi) is 14.4. The Labute approximate surface area is 257 Å². The average molecular weight is 659 g/mol. The maximum atomic E-state index is 12.7. The van der Waals surface area contributed by atoms with Crippen LogP contribution in [0.2, 0.25) is 0 Å². The van der Waals surface area contributed by atoms with E-state index in [2.05, 4.69) is 14.8 Å². The lowest BCUT2D eigenvalue weighted by molar-refractivity contribution is -0.143. The van der Waals surface area contributed by atoms with Crippen molar-refractivity contribution < 1.29 is 60.1 Å². The summed E-state index contributed by atoms with van der Waals surface area (Å²) in [7, 11) is 2.61. The van der Waals surface area contributed by atoms with Crippen molar-refractivity contribution in [1.82, 2.24) is 4.57 Å². The van der Waals surface area contributed by atoms with Gasteiger partial charge in [-0.05, 0) is 62.4 Å². The number of nitrogens with one attached hydrogen (secondary N) is 1. The zero-order valence-electron chi connectivity index (χ0n) is 24.7. The molecule has 3 aromatic rings. The SMILES string of the molecule is CO/C=C/C(C)=O.COC(=O)CC(=O)Nc1cccc(C(F)(F)F)c1.Cc1ccc(C(=O)O)c(=O)n1-c1cccc(C(F)(F)F)c1. The quantitative estimate of drug-likeness (QED) is 0.107. The summed E-state index contributed by atoms with van der Waals surface area (Å²) in [5, 5.41) is 11.1. The molecule has 0 saturated heterocycles. The van der Waals surface area contributed by atoms with E-state index in [0.717, 1.165) is 54.1 Å². The number of rotatable bonds is 7. The lowest BCUT2D eigenvalue weighted by Gasteiger charge is -2.13. The van der Waals surface area contributed by atoms with Crippen LogP contribution in [-0.2, 0) is 36.2 Å². The number of benzene rings is 2. The molecule has 16 heteroatoms. The van der Waals surface area contributed by atoms with Gasteiger partial charge in [0.15, 0.2) is 5.78 Å². The van der Waals surface area contributed by atoms with Gasteiger partial charge in [0, 0.05) is 23.1 Å². The van der Waals surface area contributed by atoms with Gasteiger partial charge in [0.2, 0.25) is 5.91 Å². The Bertz CT molecular complexity index is 1630. The van der Waals surface area contributed by atoms with Gasteiger partial charge < -0.3 is 19.9 Å². The summed E-state index contributed by atoms with van der Waals surface area (Å²) in [6.45, 7) is 2.98. The van der Waals surface area contributed by atoms with Gasteiger partial charge in [-0.25, -0.2) is 4.79 Å². The van der Waals surface area contributed by atoms with Gasteiger partial charge in [-0.2, -0.15) is 26.3 Å². The minimum absolute atomic E-state index is 0.00171. The number of carbonyl (C=O) groups is 4. The summed E-state index contributed by atoms with van der Waals surface area (Å²) in [6, 6.07) is 10.8. The van der Waals surface area contributed by atoms with Crippen molar-refractivity contribution in [2.75, 3.05) is 19.5 Å². The van der Waals surface area contributed by atoms with Crippen molar-refractivity contribution >= 4 is 29.3 Å². The zero-order valence-corrected chi connectivity index (χ0v) is 24.7. The van der Waals surface area contributed by atoms with Crippen molar-refractivity contribution in [1.29, 1.82) is 0 Å². The number of carbonyl (C=O) groups excluding carboxylic acids is 3. The van der Waals surface area contributed by atoms with E-state index >= 15 is 0 Å². The predicted molar refractivity (Wildman–Crippen MR) is 152 cm³/mol. The first-order chi connectivity index (χ1) is 21.3. The van der Waals surface area contributed by atoms with Crippen LogP contribution in [0.15, 0.2) is 77.8 Å². The smallest absolute Gasteiger partial charge is 0.416 e. The first kappa shape index (κ1) is 38.6. The van der Waals surface area contributed by atoms with Crippen LogP contribution in [0.4, 0.5) is 32.0 Å². The molecule has 248 valence electrons. The van der Waals surface area contributed by atoms with Crippen molar-refractivity contribution in [3.05, 3.63) is 106 Å². The van der Waals surface area contributed by atoms with Crippen LogP contribution in [-0.4, -0.2) is 47.5 Å². The molecule has 0 spiro atoms. The molecule has 1 heterocycles. The monoisotopic (exact) mass is 658 g/mol. The third-order valence-electron chi connectivity index (χ3n) is 5.38. The number of aryl methyl sites for hydroxylation is 1. The number of ketones is 1. The molecule has 0 saturated carbocycles. The highest BCUT2D eigenvalue weighted by Gasteiger charge is 2.31. The molecule has 0 fully saturated rings. The normalized spacial score (nSPS) is 10.9. The molecule has 10 nitrogen and oxygen atoms in total. The summed E-state index contributed by atoms with van der Waals surface area (Å²) >= 11 is 0. The molecule has 0 bridgehead atoms. The first-order valence-electron chi connectivity index (χ1n) is 12.7. The number of halogens is 6. The van der Waals surface area contributed by atoms with E-state index in [1.807, 2.05) is 0 Å². The highest BCUT2D eigenvalue weighted by atomic mass is 19.4. The number of carboxylic acids is 1. The lowest BCUT2D eigenvalue weighted by Crippen LogP contribution is -2.26. The third-order valence-corrected chi connectivity index (χ3v) is 5.38. The number of ether oxygens (including phenoxy) is 2. The molecule has 0 unspecified atom stereocenters. The van der Waals surface area contributed by atoms with Crippen LogP contribution < -0.4 is 10.9 Å². The fraction of sp³-hybridized carbons (Fsp3) is 0.233. The molecule has 0 atom stereocenters. The van der Waals surface area contributed by atoms with Gasteiger partial charge in [0.25, 0.3) is 5.56 Å². The number of amides is 1. The van der Waals surface area contributed by atoms with E-state index in [9.17, 15) is 50.3 Å². The number of esters is 1. The number of nitrogens with zero attached hydrogens (tertiary/aromatic N) is 1. The second-order valence-electron chi connectivity index (χ2n) is 8.91. The number of pyridine rings is 1. The largest absolute Gasteiger partial charge is 0.504 e. The second kappa shape index (κ2) is 17.2. The van der Waals surface area contributed by atoms with Gasteiger partial charge >= 0.3 is 24.3 Å². The Hall–Kier alpha value is -5.41. The number of alkyl halides is 6. The molecule has 0 aliphatic carbocycles. The molecule has 3 rings (SSSR count). The van der Waals surface area contributed by atoms with E-state index in [1.54, 1.807) is 0 Å². The van der Waals surface area contributed by atoms with Crippen LogP contribution >= 0.6 is 0 Å². The standard InChI is InChI=1S/C14H10F3NO3.C11H10F3NO3.C5H8O2/c1-8-5-6-11(13(20)21)12(19)18(8)10-4-2-3-9(7-10)14(15,16)17;1-18-10(17)6-9(16)15-8-4-2-3-7(5-8)11(12,13)14;1-5(6)3-4-7-2/h2-7H,1H3,(H,20,21);2-5H,6H2,1H3,(H,15,16);3-4H,1-2H3/b;;4-3+.